The highest BCUT2D eigenvalue weighted by Gasteiger charge is 2.41. The van der Waals surface area contributed by atoms with Crippen molar-refractivity contribution in [1.82, 2.24) is 10.2 Å². The summed E-state index contributed by atoms with van der Waals surface area (Å²) in [6.07, 6.45) is 0.833. The summed E-state index contributed by atoms with van der Waals surface area (Å²) in [5, 5.41) is 2.99. The van der Waals surface area contributed by atoms with Crippen molar-refractivity contribution in [1.29, 1.82) is 0 Å². The van der Waals surface area contributed by atoms with E-state index < -0.39 is 5.92 Å². The molecule has 1 aliphatic heterocycles. The molecular formula is C25H32N2O6. The Morgan fingerprint density at radius 2 is 1.67 bits per heavy atom. The lowest BCUT2D eigenvalue weighted by molar-refractivity contribution is -0.124. The summed E-state index contributed by atoms with van der Waals surface area (Å²) in [5.41, 5.74) is 1.37. The first-order chi connectivity index (χ1) is 16.0. The lowest BCUT2D eigenvalue weighted by atomic mass is 9.88. The predicted octanol–water partition coefficient (Wildman–Crippen LogP) is 3.10. The van der Waals surface area contributed by atoms with Gasteiger partial charge in [-0.2, -0.15) is 0 Å². The number of nitrogens with zero attached hydrogens (tertiary/aromatic N) is 1. The first-order valence-corrected chi connectivity index (χ1v) is 11.0. The van der Waals surface area contributed by atoms with E-state index in [1.54, 1.807) is 57.6 Å². The smallest absolute Gasteiger partial charge is 0.254 e. The lowest BCUT2D eigenvalue weighted by Crippen LogP contribution is -2.36. The number of hydrogen-bond donors (Lipinski definition) is 1. The Labute approximate surface area is 194 Å². The Hall–Kier alpha value is -3.42. The Morgan fingerprint density at radius 1 is 0.970 bits per heavy atom. The minimum absolute atomic E-state index is 0.0726. The molecule has 0 bridgehead atoms. The summed E-state index contributed by atoms with van der Waals surface area (Å²) < 4.78 is 21.7. The number of ether oxygens (including phenoxy) is 4. The third-order valence-electron chi connectivity index (χ3n) is 5.92. The molecule has 1 N–H and O–H groups in total. The molecule has 178 valence electrons. The van der Waals surface area contributed by atoms with E-state index in [4.69, 9.17) is 18.9 Å². The van der Waals surface area contributed by atoms with Crippen LogP contribution in [0.4, 0.5) is 0 Å². The summed E-state index contributed by atoms with van der Waals surface area (Å²) in [5.74, 6) is 1.26. The fraction of sp³-hybridized carbons (Fsp3) is 0.440. The van der Waals surface area contributed by atoms with Gasteiger partial charge in [0.2, 0.25) is 11.7 Å². The van der Waals surface area contributed by atoms with Crippen molar-refractivity contribution >= 4 is 11.8 Å². The van der Waals surface area contributed by atoms with E-state index in [1.807, 2.05) is 19.1 Å². The minimum Gasteiger partial charge on any atom is -0.497 e. The monoisotopic (exact) mass is 456 g/mol. The van der Waals surface area contributed by atoms with Gasteiger partial charge in [-0.3, -0.25) is 9.59 Å². The second-order valence-corrected chi connectivity index (χ2v) is 7.90. The Morgan fingerprint density at radius 3 is 2.24 bits per heavy atom. The second-order valence-electron chi connectivity index (χ2n) is 7.90. The highest BCUT2D eigenvalue weighted by molar-refractivity contribution is 5.95. The molecule has 2 unspecified atom stereocenters. The topological polar surface area (TPSA) is 86.3 Å². The average molecular weight is 457 g/mol. The predicted molar refractivity (Wildman–Crippen MR) is 125 cm³/mol. The van der Waals surface area contributed by atoms with Gasteiger partial charge in [-0.15, -0.1) is 0 Å². The molecule has 33 heavy (non-hydrogen) atoms. The van der Waals surface area contributed by atoms with Crippen LogP contribution in [0.2, 0.25) is 0 Å². The van der Waals surface area contributed by atoms with Crippen LogP contribution in [-0.4, -0.2) is 64.8 Å². The van der Waals surface area contributed by atoms with Crippen LogP contribution in [0.1, 0.15) is 35.2 Å². The van der Waals surface area contributed by atoms with Crippen molar-refractivity contribution in [2.45, 2.75) is 19.3 Å². The number of amides is 2. The Bertz CT molecular complexity index is 968. The maximum atomic E-state index is 13.3. The highest BCUT2D eigenvalue weighted by atomic mass is 16.5. The third-order valence-corrected chi connectivity index (χ3v) is 5.92. The van der Waals surface area contributed by atoms with Gasteiger partial charge in [0, 0.05) is 31.1 Å². The van der Waals surface area contributed by atoms with Gasteiger partial charge in [0.25, 0.3) is 5.91 Å². The molecule has 8 nitrogen and oxygen atoms in total. The SMILES string of the molecule is CCCNC(=O)C1CN(C(=O)c2cccc(OC)c2)CC1c1cc(OC)c(OC)c(OC)c1. The number of benzene rings is 2. The van der Waals surface area contributed by atoms with Gasteiger partial charge in [-0.05, 0) is 42.3 Å². The number of hydrogen-bond acceptors (Lipinski definition) is 6. The Kier molecular flexibility index (Phi) is 8.03. The van der Waals surface area contributed by atoms with Crippen LogP contribution >= 0.6 is 0 Å². The highest BCUT2D eigenvalue weighted by Crippen LogP contribution is 2.43. The molecule has 0 saturated carbocycles. The number of methoxy groups -OCH3 is 4. The zero-order chi connectivity index (χ0) is 24.0. The van der Waals surface area contributed by atoms with E-state index in [0.29, 0.717) is 48.2 Å². The average Bonchev–Trinajstić information content (AvgIpc) is 3.31. The molecular weight excluding hydrogens is 424 g/mol. The van der Waals surface area contributed by atoms with Gasteiger partial charge in [0.05, 0.1) is 34.4 Å². The van der Waals surface area contributed by atoms with Gasteiger partial charge >= 0.3 is 0 Å². The van der Waals surface area contributed by atoms with Gasteiger partial charge in [-0.1, -0.05) is 13.0 Å². The molecule has 0 spiro atoms. The van der Waals surface area contributed by atoms with Crippen LogP contribution < -0.4 is 24.3 Å². The van der Waals surface area contributed by atoms with Crippen molar-refractivity contribution < 1.29 is 28.5 Å². The minimum atomic E-state index is -0.408. The van der Waals surface area contributed by atoms with Gasteiger partial charge in [0.15, 0.2) is 11.5 Å². The molecule has 1 aliphatic rings. The van der Waals surface area contributed by atoms with Gasteiger partial charge in [0.1, 0.15) is 5.75 Å². The summed E-state index contributed by atoms with van der Waals surface area (Å²) in [6, 6.07) is 10.7. The van der Waals surface area contributed by atoms with Crippen LogP contribution in [0.15, 0.2) is 36.4 Å². The quantitative estimate of drug-likeness (QED) is 0.624. The molecule has 3 rings (SSSR count). The lowest BCUT2D eigenvalue weighted by Gasteiger charge is -2.21. The maximum absolute atomic E-state index is 13.3. The van der Waals surface area contributed by atoms with Crippen molar-refractivity contribution in [3.8, 4) is 23.0 Å². The molecule has 2 aromatic rings. The first kappa shape index (κ1) is 24.2. The van der Waals surface area contributed by atoms with Crippen LogP contribution in [0.25, 0.3) is 0 Å². The van der Waals surface area contributed by atoms with Crippen molar-refractivity contribution in [2.75, 3.05) is 48.1 Å². The van der Waals surface area contributed by atoms with Crippen LogP contribution in [0.3, 0.4) is 0 Å². The summed E-state index contributed by atoms with van der Waals surface area (Å²) in [4.78, 5) is 28.1. The van der Waals surface area contributed by atoms with Crippen LogP contribution in [0, 0.1) is 5.92 Å². The molecule has 2 amide bonds. The third kappa shape index (κ3) is 5.16. The molecule has 8 heteroatoms. The molecule has 0 radical (unpaired) electrons. The van der Waals surface area contributed by atoms with E-state index >= 15 is 0 Å². The number of carbonyl (C=O) groups is 2. The number of likely N-dealkylation sites (tertiary alicyclic amines) is 1. The second kappa shape index (κ2) is 10.9. The molecule has 1 saturated heterocycles. The van der Waals surface area contributed by atoms with Crippen LogP contribution in [-0.2, 0) is 4.79 Å². The zero-order valence-corrected chi connectivity index (χ0v) is 19.8. The normalized spacial score (nSPS) is 17.4. The van der Waals surface area contributed by atoms with E-state index in [2.05, 4.69) is 5.32 Å². The Balaban J connectivity index is 1.97. The summed E-state index contributed by atoms with van der Waals surface area (Å²) in [7, 11) is 6.22. The molecule has 0 aromatic heterocycles. The van der Waals surface area contributed by atoms with E-state index in [0.717, 1.165) is 12.0 Å². The maximum Gasteiger partial charge on any atom is 0.254 e. The number of rotatable bonds is 9. The van der Waals surface area contributed by atoms with E-state index in [1.165, 1.54) is 0 Å². The molecule has 1 heterocycles. The fourth-order valence-electron chi connectivity index (χ4n) is 4.21. The van der Waals surface area contributed by atoms with Gasteiger partial charge in [-0.25, -0.2) is 0 Å². The molecule has 2 atom stereocenters. The van der Waals surface area contributed by atoms with Crippen LogP contribution in [0.5, 0.6) is 23.0 Å². The largest absolute Gasteiger partial charge is 0.497 e. The first-order valence-electron chi connectivity index (χ1n) is 11.0. The van der Waals surface area contributed by atoms with Crippen molar-refractivity contribution in [3.63, 3.8) is 0 Å². The fourth-order valence-corrected chi connectivity index (χ4v) is 4.21. The number of carbonyl (C=O) groups excluding carboxylic acids is 2. The molecule has 0 aliphatic carbocycles. The van der Waals surface area contributed by atoms with Crippen molar-refractivity contribution in [2.24, 2.45) is 5.92 Å². The molecule has 2 aromatic carbocycles. The summed E-state index contributed by atoms with van der Waals surface area (Å²) in [6.45, 7) is 3.29. The van der Waals surface area contributed by atoms with E-state index in [9.17, 15) is 9.59 Å². The number of nitrogens with one attached hydrogen (secondary N) is 1. The summed E-state index contributed by atoms with van der Waals surface area (Å²) >= 11 is 0. The standard InChI is InChI=1S/C25H32N2O6/c1-6-10-26-24(28)20-15-27(25(29)16-8-7-9-18(11-16)30-2)14-19(20)17-12-21(31-3)23(33-5)22(13-17)32-4/h7-9,11-13,19-20H,6,10,14-15H2,1-5H3,(H,26,28). The molecule has 1 fully saturated rings. The van der Waals surface area contributed by atoms with E-state index in [-0.39, 0.29) is 17.7 Å². The zero-order valence-electron chi connectivity index (χ0n) is 19.8. The van der Waals surface area contributed by atoms with Gasteiger partial charge < -0.3 is 29.2 Å². The van der Waals surface area contributed by atoms with Crippen molar-refractivity contribution in [3.05, 3.63) is 47.5 Å².